The first-order chi connectivity index (χ1) is 9.06. The Bertz CT molecular complexity index is 628. The maximum atomic E-state index is 12.9. The monoisotopic (exact) mass is 279 g/mol. The van der Waals surface area contributed by atoms with Gasteiger partial charge in [0.2, 0.25) is 0 Å². The Morgan fingerprint density at radius 3 is 2.53 bits per heavy atom. The van der Waals surface area contributed by atoms with E-state index in [2.05, 4.69) is 4.98 Å². The summed E-state index contributed by atoms with van der Waals surface area (Å²) in [6.45, 7) is 0. The van der Waals surface area contributed by atoms with Gasteiger partial charge in [-0.2, -0.15) is 0 Å². The lowest BCUT2D eigenvalue weighted by Gasteiger charge is -2.03. The van der Waals surface area contributed by atoms with Crippen molar-refractivity contribution in [3.05, 3.63) is 59.7 Å². The fraction of sp³-hybridized carbons (Fsp3) is 0.0769. The second-order valence-electron chi connectivity index (χ2n) is 3.83. The minimum Gasteiger partial charge on any atom is -0.478 e. The Hall–Kier alpha value is -2.08. The van der Waals surface area contributed by atoms with Gasteiger partial charge < -0.3 is 5.11 Å². The highest BCUT2D eigenvalue weighted by Gasteiger charge is 2.08. The summed E-state index contributed by atoms with van der Waals surface area (Å²) in [4.78, 5) is 14.9. The van der Waals surface area contributed by atoms with Crippen molar-refractivity contribution >= 4 is 16.8 Å². The molecular formula is C13H10FNO3S. The van der Waals surface area contributed by atoms with Crippen molar-refractivity contribution in [2.75, 3.05) is 0 Å². The molecule has 1 heterocycles. The van der Waals surface area contributed by atoms with Crippen molar-refractivity contribution in [2.45, 2.75) is 10.6 Å². The fourth-order valence-corrected chi connectivity index (χ4v) is 2.59. The normalized spacial score (nSPS) is 12.1. The predicted molar refractivity (Wildman–Crippen MR) is 67.7 cm³/mol. The third-order valence-corrected chi connectivity index (χ3v) is 3.82. The highest BCUT2D eigenvalue weighted by atomic mass is 32.2. The van der Waals surface area contributed by atoms with Gasteiger partial charge in [0.15, 0.2) is 0 Å². The van der Waals surface area contributed by atoms with Gasteiger partial charge in [-0.05, 0) is 35.9 Å². The molecule has 1 atom stereocenters. The number of hydrogen-bond donors (Lipinski definition) is 1. The lowest BCUT2D eigenvalue weighted by Crippen LogP contribution is -2.00. The van der Waals surface area contributed by atoms with E-state index in [1.807, 2.05) is 0 Å². The summed E-state index contributed by atoms with van der Waals surface area (Å²) in [5.41, 5.74) is 0.661. The molecule has 1 aromatic heterocycles. The molecule has 2 aromatic rings. The molecule has 0 bridgehead atoms. The number of aromatic nitrogens is 1. The maximum Gasteiger partial charge on any atom is 0.335 e. The van der Waals surface area contributed by atoms with E-state index >= 15 is 0 Å². The van der Waals surface area contributed by atoms with Gasteiger partial charge in [0.05, 0.1) is 28.3 Å². The zero-order chi connectivity index (χ0) is 13.8. The molecule has 6 heteroatoms. The van der Waals surface area contributed by atoms with E-state index in [0.29, 0.717) is 10.5 Å². The van der Waals surface area contributed by atoms with Gasteiger partial charge in [0.25, 0.3) is 0 Å². The van der Waals surface area contributed by atoms with Gasteiger partial charge in [-0.15, -0.1) is 0 Å². The third-order valence-electron chi connectivity index (χ3n) is 2.42. The molecule has 4 nitrogen and oxygen atoms in total. The van der Waals surface area contributed by atoms with E-state index < -0.39 is 22.6 Å². The van der Waals surface area contributed by atoms with E-state index in [9.17, 15) is 13.4 Å². The van der Waals surface area contributed by atoms with Crippen molar-refractivity contribution in [2.24, 2.45) is 0 Å². The molecule has 0 saturated carbocycles. The topological polar surface area (TPSA) is 67.3 Å². The Kier molecular flexibility index (Phi) is 4.01. The van der Waals surface area contributed by atoms with E-state index in [1.54, 1.807) is 0 Å². The maximum absolute atomic E-state index is 12.9. The summed E-state index contributed by atoms with van der Waals surface area (Å²) >= 11 is 0. The molecule has 0 spiro atoms. The number of rotatable bonds is 4. The molecule has 1 aromatic carbocycles. The number of aromatic carboxylic acids is 1. The lowest BCUT2D eigenvalue weighted by molar-refractivity contribution is 0.0697. The summed E-state index contributed by atoms with van der Waals surface area (Å²) in [6.07, 6.45) is 2.53. The van der Waals surface area contributed by atoms with Crippen molar-refractivity contribution in [3.8, 4) is 0 Å². The van der Waals surface area contributed by atoms with E-state index in [1.165, 1.54) is 36.5 Å². The van der Waals surface area contributed by atoms with Crippen LogP contribution in [0.4, 0.5) is 4.39 Å². The van der Waals surface area contributed by atoms with Crippen LogP contribution in [0.3, 0.4) is 0 Å². The van der Waals surface area contributed by atoms with E-state index in [0.717, 1.165) is 6.20 Å². The van der Waals surface area contributed by atoms with Crippen LogP contribution < -0.4 is 0 Å². The summed E-state index contributed by atoms with van der Waals surface area (Å²) in [6, 6.07) is 7.04. The molecular weight excluding hydrogens is 269 g/mol. The minimum atomic E-state index is -1.36. The van der Waals surface area contributed by atoms with Gasteiger partial charge in [0.1, 0.15) is 5.82 Å². The van der Waals surface area contributed by atoms with Crippen LogP contribution in [0.2, 0.25) is 0 Å². The molecule has 0 radical (unpaired) electrons. The zero-order valence-corrected chi connectivity index (χ0v) is 10.6. The predicted octanol–water partition coefficient (Wildman–Crippen LogP) is 2.23. The second-order valence-corrected chi connectivity index (χ2v) is 5.28. The highest BCUT2D eigenvalue weighted by molar-refractivity contribution is 7.84. The Balaban J connectivity index is 2.14. The van der Waals surface area contributed by atoms with Crippen LogP contribution in [0.25, 0.3) is 0 Å². The van der Waals surface area contributed by atoms with Gasteiger partial charge in [-0.1, -0.05) is 0 Å². The van der Waals surface area contributed by atoms with Crippen molar-refractivity contribution in [3.63, 3.8) is 0 Å². The molecule has 1 N–H and O–H groups in total. The molecule has 0 aliphatic rings. The summed E-state index contributed by atoms with van der Waals surface area (Å²) in [7, 11) is -1.36. The summed E-state index contributed by atoms with van der Waals surface area (Å²) in [5, 5.41) is 8.75. The van der Waals surface area contributed by atoms with Crippen LogP contribution in [-0.4, -0.2) is 20.3 Å². The Morgan fingerprint density at radius 1 is 1.26 bits per heavy atom. The average Bonchev–Trinajstić information content (AvgIpc) is 2.39. The minimum absolute atomic E-state index is 0.133. The van der Waals surface area contributed by atoms with Crippen LogP contribution >= 0.6 is 0 Å². The smallest absolute Gasteiger partial charge is 0.335 e. The molecule has 0 fully saturated rings. The van der Waals surface area contributed by atoms with Crippen LogP contribution in [0.1, 0.15) is 15.9 Å². The number of carboxylic acids is 1. The zero-order valence-electron chi connectivity index (χ0n) is 9.75. The number of halogens is 1. The van der Waals surface area contributed by atoms with Crippen LogP contribution in [0, 0.1) is 5.82 Å². The van der Waals surface area contributed by atoms with Gasteiger partial charge in [0, 0.05) is 11.1 Å². The number of nitrogens with zero attached hydrogens (tertiary/aromatic N) is 1. The van der Waals surface area contributed by atoms with Crippen molar-refractivity contribution in [1.29, 1.82) is 0 Å². The standard InChI is InChI=1S/C13H10FNO3S/c14-11-5-9(6-15-7-11)8-19(18)12-3-1-10(2-4-12)13(16)17/h1-7H,8H2,(H,16,17). The quantitative estimate of drug-likeness (QED) is 0.932. The van der Waals surface area contributed by atoms with Crippen molar-refractivity contribution in [1.82, 2.24) is 4.98 Å². The summed E-state index contributed by atoms with van der Waals surface area (Å²) in [5.74, 6) is -1.38. The van der Waals surface area contributed by atoms with Gasteiger partial charge in [-0.3, -0.25) is 9.19 Å². The molecule has 98 valence electrons. The SMILES string of the molecule is O=C(O)c1ccc(S(=O)Cc2cncc(F)c2)cc1. The molecule has 1 unspecified atom stereocenters. The second kappa shape index (κ2) is 5.71. The number of pyridine rings is 1. The van der Waals surface area contributed by atoms with Crippen molar-refractivity contribution < 1.29 is 18.5 Å². The Morgan fingerprint density at radius 2 is 1.95 bits per heavy atom. The van der Waals surface area contributed by atoms with Gasteiger partial charge >= 0.3 is 5.97 Å². The first-order valence-electron chi connectivity index (χ1n) is 5.37. The third kappa shape index (κ3) is 3.45. The number of hydrogen-bond acceptors (Lipinski definition) is 3. The number of carboxylic acid groups (broad SMARTS) is 1. The molecule has 0 aliphatic heterocycles. The lowest BCUT2D eigenvalue weighted by atomic mass is 10.2. The summed E-state index contributed by atoms with van der Waals surface area (Å²) < 4.78 is 25.0. The fourth-order valence-electron chi connectivity index (χ4n) is 1.52. The van der Waals surface area contributed by atoms with Crippen LogP contribution in [-0.2, 0) is 16.6 Å². The molecule has 19 heavy (non-hydrogen) atoms. The number of carbonyl (C=O) groups is 1. The molecule has 0 amide bonds. The largest absolute Gasteiger partial charge is 0.478 e. The van der Waals surface area contributed by atoms with Crippen LogP contribution in [0.5, 0.6) is 0 Å². The Labute approximate surface area is 111 Å². The van der Waals surface area contributed by atoms with E-state index in [4.69, 9.17) is 5.11 Å². The molecule has 0 aliphatic carbocycles. The molecule has 0 saturated heterocycles. The van der Waals surface area contributed by atoms with Gasteiger partial charge in [-0.25, -0.2) is 9.18 Å². The molecule has 2 rings (SSSR count). The first kappa shape index (κ1) is 13.4. The average molecular weight is 279 g/mol. The number of benzene rings is 1. The van der Waals surface area contributed by atoms with E-state index in [-0.39, 0.29) is 11.3 Å². The van der Waals surface area contributed by atoms with Crippen LogP contribution in [0.15, 0.2) is 47.6 Å². The first-order valence-corrected chi connectivity index (χ1v) is 6.69. The highest BCUT2D eigenvalue weighted by Crippen LogP contribution is 2.13.